The summed E-state index contributed by atoms with van der Waals surface area (Å²) in [6.45, 7) is 3.38. The first kappa shape index (κ1) is 14.9. The Morgan fingerprint density at radius 3 is 2.17 bits per heavy atom. The fourth-order valence-corrected chi connectivity index (χ4v) is 3.80. The lowest BCUT2D eigenvalue weighted by Gasteiger charge is -2.41. The van der Waals surface area contributed by atoms with Gasteiger partial charge in [0.2, 0.25) is 0 Å². The lowest BCUT2D eigenvalue weighted by atomic mass is 9.98. The van der Waals surface area contributed by atoms with Crippen molar-refractivity contribution in [1.82, 2.24) is 10.2 Å². The molecule has 1 saturated heterocycles. The highest BCUT2D eigenvalue weighted by Gasteiger charge is 2.37. The maximum absolute atomic E-state index is 3.83. The van der Waals surface area contributed by atoms with Crippen LogP contribution >= 0.6 is 0 Å². The summed E-state index contributed by atoms with van der Waals surface area (Å²) in [7, 11) is 0. The molecular weight excluding hydrogens is 280 g/mol. The third kappa shape index (κ3) is 3.82. The van der Waals surface area contributed by atoms with Crippen molar-refractivity contribution in [1.29, 1.82) is 0 Å². The highest BCUT2D eigenvalue weighted by Crippen LogP contribution is 2.34. The van der Waals surface area contributed by atoms with E-state index in [4.69, 9.17) is 0 Å². The van der Waals surface area contributed by atoms with Gasteiger partial charge in [-0.1, -0.05) is 60.7 Å². The summed E-state index contributed by atoms with van der Waals surface area (Å²) in [5.41, 5.74) is 2.88. The minimum atomic E-state index is 0.590. The molecule has 0 spiro atoms. The summed E-state index contributed by atoms with van der Waals surface area (Å²) >= 11 is 0. The van der Waals surface area contributed by atoms with Crippen LogP contribution in [-0.4, -0.2) is 30.1 Å². The molecular formula is C21H26N2. The van der Waals surface area contributed by atoms with E-state index in [9.17, 15) is 0 Å². The number of hydrogen-bond donors (Lipinski definition) is 1. The van der Waals surface area contributed by atoms with Crippen LogP contribution in [0.5, 0.6) is 0 Å². The fraction of sp³-hybridized carbons (Fsp3) is 0.429. The first-order valence-electron chi connectivity index (χ1n) is 8.94. The van der Waals surface area contributed by atoms with Crippen molar-refractivity contribution in [2.45, 2.75) is 37.9 Å². The molecule has 2 unspecified atom stereocenters. The van der Waals surface area contributed by atoms with E-state index in [-0.39, 0.29) is 0 Å². The Labute approximate surface area is 139 Å². The number of benzene rings is 2. The third-order valence-electron chi connectivity index (χ3n) is 5.30. The van der Waals surface area contributed by atoms with Crippen LogP contribution in [0.2, 0.25) is 0 Å². The second kappa shape index (κ2) is 6.86. The number of hydrogen-bond acceptors (Lipinski definition) is 2. The van der Waals surface area contributed by atoms with Gasteiger partial charge in [-0.2, -0.15) is 0 Å². The molecule has 120 valence electrons. The normalized spacial score (nSPS) is 25.4. The van der Waals surface area contributed by atoms with Crippen molar-refractivity contribution in [3.8, 4) is 0 Å². The monoisotopic (exact) mass is 306 g/mol. The summed E-state index contributed by atoms with van der Waals surface area (Å²) in [5.74, 6) is 0.922. The average molecular weight is 306 g/mol. The molecule has 0 radical (unpaired) electrons. The first-order valence-corrected chi connectivity index (χ1v) is 8.94. The molecule has 1 N–H and O–H groups in total. The molecule has 2 heteroatoms. The molecule has 0 amide bonds. The van der Waals surface area contributed by atoms with E-state index in [1.807, 2.05) is 0 Å². The molecule has 2 nitrogen and oxygen atoms in total. The Morgan fingerprint density at radius 2 is 1.52 bits per heavy atom. The fourth-order valence-electron chi connectivity index (χ4n) is 3.80. The van der Waals surface area contributed by atoms with Gasteiger partial charge in [-0.05, 0) is 36.3 Å². The van der Waals surface area contributed by atoms with E-state index in [1.165, 1.54) is 30.5 Å². The highest BCUT2D eigenvalue weighted by atomic mass is 15.2. The maximum atomic E-state index is 3.83. The Kier molecular flexibility index (Phi) is 4.45. The number of rotatable bonds is 5. The topological polar surface area (TPSA) is 15.3 Å². The molecule has 2 aromatic carbocycles. The summed E-state index contributed by atoms with van der Waals surface area (Å²) in [6, 6.07) is 23.1. The van der Waals surface area contributed by atoms with E-state index in [0.717, 1.165) is 25.4 Å². The van der Waals surface area contributed by atoms with E-state index >= 15 is 0 Å². The molecule has 0 bridgehead atoms. The molecule has 0 aromatic heterocycles. The van der Waals surface area contributed by atoms with Crippen LogP contribution < -0.4 is 5.32 Å². The standard InChI is InChI=1S/C21H26N2/c1-3-7-17(8-4-1)13-20-14-22-21(19-11-12-19)16-23(20)15-18-9-5-2-6-10-18/h1-10,19-22H,11-16H2. The van der Waals surface area contributed by atoms with Crippen molar-refractivity contribution in [2.24, 2.45) is 5.92 Å². The van der Waals surface area contributed by atoms with Gasteiger partial charge in [0, 0.05) is 31.7 Å². The van der Waals surface area contributed by atoms with Crippen molar-refractivity contribution in [2.75, 3.05) is 13.1 Å². The third-order valence-corrected chi connectivity index (χ3v) is 5.30. The van der Waals surface area contributed by atoms with Crippen LogP contribution in [0, 0.1) is 5.92 Å². The molecule has 2 aliphatic rings. The largest absolute Gasteiger partial charge is 0.311 e. The molecule has 1 saturated carbocycles. The van der Waals surface area contributed by atoms with Gasteiger partial charge in [0.15, 0.2) is 0 Å². The van der Waals surface area contributed by atoms with Crippen LogP contribution in [0.15, 0.2) is 60.7 Å². The quantitative estimate of drug-likeness (QED) is 0.910. The van der Waals surface area contributed by atoms with Gasteiger partial charge in [0.1, 0.15) is 0 Å². The molecule has 1 heterocycles. The Morgan fingerprint density at radius 1 is 0.870 bits per heavy atom. The van der Waals surface area contributed by atoms with Crippen molar-refractivity contribution in [3.05, 3.63) is 71.8 Å². The predicted octanol–water partition coefficient (Wildman–Crippen LogP) is 3.48. The van der Waals surface area contributed by atoms with Gasteiger partial charge in [-0.25, -0.2) is 0 Å². The zero-order chi connectivity index (χ0) is 15.5. The number of nitrogens with one attached hydrogen (secondary N) is 1. The predicted molar refractivity (Wildman–Crippen MR) is 95.3 cm³/mol. The SMILES string of the molecule is c1ccc(CC2CNC(C3CC3)CN2Cc2ccccc2)cc1. The zero-order valence-corrected chi connectivity index (χ0v) is 13.7. The van der Waals surface area contributed by atoms with Crippen LogP contribution in [0.3, 0.4) is 0 Å². The molecule has 23 heavy (non-hydrogen) atoms. The van der Waals surface area contributed by atoms with Gasteiger partial charge in [0.05, 0.1) is 0 Å². The minimum absolute atomic E-state index is 0.590. The van der Waals surface area contributed by atoms with E-state index in [2.05, 4.69) is 70.9 Å². The zero-order valence-electron chi connectivity index (χ0n) is 13.7. The van der Waals surface area contributed by atoms with E-state index < -0.39 is 0 Å². The smallest absolute Gasteiger partial charge is 0.0265 e. The minimum Gasteiger partial charge on any atom is -0.311 e. The second-order valence-corrected chi connectivity index (χ2v) is 7.11. The van der Waals surface area contributed by atoms with Crippen molar-refractivity contribution >= 4 is 0 Å². The van der Waals surface area contributed by atoms with Gasteiger partial charge in [-0.3, -0.25) is 4.90 Å². The lowest BCUT2D eigenvalue weighted by molar-refractivity contribution is 0.114. The Hall–Kier alpha value is -1.64. The summed E-state index contributed by atoms with van der Waals surface area (Å²) in [4.78, 5) is 2.71. The van der Waals surface area contributed by atoms with Crippen molar-refractivity contribution in [3.63, 3.8) is 0 Å². The van der Waals surface area contributed by atoms with Crippen molar-refractivity contribution < 1.29 is 0 Å². The van der Waals surface area contributed by atoms with Crippen LogP contribution in [0.4, 0.5) is 0 Å². The lowest BCUT2D eigenvalue weighted by Crippen LogP contribution is -2.57. The van der Waals surface area contributed by atoms with Gasteiger partial charge >= 0.3 is 0 Å². The Balaban J connectivity index is 1.48. The van der Waals surface area contributed by atoms with Crippen LogP contribution in [0.25, 0.3) is 0 Å². The van der Waals surface area contributed by atoms with Gasteiger partial charge in [0.25, 0.3) is 0 Å². The molecule has 1 aliphatic carbocycles. The molecule has 2 fully saturated rings. The summed E-state index contributed by atoms with van der Waals surface area (Å²) in [5, 5.41) is 3.83. The Bertz CT molecular complexity index is 606. The van der Waals surface area contributed by atoms with Gasteiger partial charge in [-0.15, -0.1) is 0 Å². The molecule has 1 aliphatic heterocycles. The second-order valence-electron chi connectivity index (χ2n) is 7.11. The summed E-state index contributed by atoms with van der Waals surface area (Å²) in [6.07, 6.45) is 3.97. The first-order chi connectivity index (χ1) is 11.4. The molecule has 2 aromatic rings. The number of nitrogens with zero attached hydrogens (tertiary/aromatic N) is 1. The van der Waals surface area contributed by atoms with Crippen LogP contribution in [-0.2, 0) is 13.0 Å². The number of piperazine rings is 1. The summed E-state index contributed by atoms with van der Waals surface area (Å²) < 4.78 is 0. The van der Waals surface area contributed by atoms with Crippen LogP contribution in [0.1, 0.15) is 24.0 Å². The molecule has 4 rings (SSSR count). The average Bonchev–Trinajstić information content (AvgIpc) is 3.43. The molecule has 2 atom stereocenters. The maximum Gasteiger partial charge on any atom is 0.0265 e. The van der Waals surface area contributed by atoms with E-state index in [0.29, 0.717) is 12.1 Å². The highest BCUT2D eigenvalue weighted by molar-refractivity contribution is 5.18. The van der Waals surface area contributed by atoms with Gasteiger partial charge < -0.3 is 5.32 Å². The van der Waals surface area contributed by atoms with E-state index in [1.54, 1.807) is 0 Å².